The molecule has 0 aliphatic carbocycles. The summed E-state index contributed by atoms with van der Waals surface area (Å²) in [6.07, 6.45) is 3.39. The number of nitrogens with zero attached hydrogens (tertiary/aromatic N) is 3. The van der Waals surface area contributed by atoms with Crippen molar-refractivity contribution in [1.29, 1.82) is 0 Å². The number of carbonyl (C=O) groups excluding carboxylic acids is 1. The van der Waals surface area contributed by atoms with E-state index in [4.69, 9.17) is 9.15 Å². The first-order chi connectivity index (χ1) is 16.0. The monoisotopic (exact) mass is 460 g/mol. The molecular formula is C25H24N4O3S. The molecule has 33 heavy (non-hydrogen) atoms. The van der Waals surface area contributed by atoms with Crippen molar-refractivity contribution in [3.05, 3.63) is 84.8 Å². The molecule has 0 radical (unpaired) electrons. The number of thioether (sulfide) groups is 1. The van der Waals surface area contributed by atoms with E-state index in [1.807, 2.05) is 73.0 Å². The number of benzene rings is 2. The molecule has 0 saturated carbocycles. The minimum absolute atomic E-state index is 0.138. The second kappa shape index (κ2) is 10.2. The molecule has 7 nitrogen and oxygen atoms in total. The smallest absolute Gasteiger partial charge is 0.234 e. The van der Waals surface area contributed by atoms with Gasteiger partial charge in [-0.3, -0.25) is 9.36 Å². The van der Waals surface area contributed by atoms with Crippen LogP contribution >= 0.6 is 11.8 Å². The van der Waals surface area contributed by atoms with Gasteiger partial charge in [0.25, 0.3) is 0 Å². The molecule has 8 heteroatoms. The number of carbonyl (C=O) groups is 1. The van der Waals surface area contributed by atoms with Crippen LogP contribution in [0.2, 0.25) is 0 Å². The summed E-state index contributed by atoms with van der Waals surface area (Å²) in [6.45, 7) is 8.24. The predicted molar refractivity (Wildman–Crippen MR) is 130 cm³/mol. The standard InChI is InChI=1S/C25H24N4O3S/c1-4-14-29-24(22-13-15-31-18(22)3)27-28-25(29)33-16-23(30)26-19-7-11-21(12-8-19)32-20-9-5-17(2)6-10-20/h4-13,15H,1,14,16H2,2-3H3,(H,26,30). The van der Waals surface area contributed by atoms with Crippen LogP contribution in [0.1, 0.15) is 11.3 Å². The fourth-order valence-corrected chi connectivity index (χ4v) is 3.93. The van der Waals surface area contributed by atoms with E-state index in [0.717, 1.165) is 17.1 Å². The van der Waals surface area contributed by atoms with Gasteiger partial charge < -0.3 is 14.5 Å². The van der Waals surface area contributed by atoms with Crippen LogP contribution in [-0.4, -0.2) is 26.4 Å². The van der Waals surface area contributed by atoms with Crippen LogP contribution < -0.4 is 10.1 Å². The summed E-state index contributed by atoms with van der Waals surface area (Å²) in [5, 5.41) is 12.1. The van der Waals surface area contributed by atoms with Crippen molar-refractivity contribution < 1.29 is 13.9 Å². The average molecular weight is 461 g/mol. The molecule has 0 fully saturated rings. The van der Waals surface area contributed by atoms with E-state index >= 15 is 0 Å². The zero-order valence-corrected chi connectivity index (χ0v) is 19.3. The molecule has 0 atom stereocenters. The second-order valence-corrected chi connectivity index (χ2v) is 8.31. The first-order valence-corrected chi connectivity index (χ1v) is 11.4. The summed E-state index contributed by atoms with van der Waals surface area (Å²) in [6, 6.07) is 17.0. The SMILES string of the molecule is C=CCn1c(SCC(=O)Nc2ccc(Oc3ccc(C)cc3)cc2)nnc1-c1ccoc1C. The van der Waals surface area contributed by atoms with Gasteiger partial charge in [-0.2, -0.15) is 0 Å². The van der Waals surface area contributed by atoms with E-state index in [-0.39, 0.29) is 11.7 Å². The third-order valence-electron chi connectivity index (χ3n) is 4.86. The average Bonchev–Trinajstić information content (AvgIpc) is 3.41. The molecule has 4 rings (SSSR count). The van der Waals surface area contributed by atoms with Crippen molar-refractivity contribution in [2.45, 2.75) is 25.5 Å². The van der Waals surface area contributed by atoms with Gasteiger partial charge in [-0.25, -0.2) is 0 Å². The Morgan fingerprint density at radius 3 is 2.42 bits per heavy atom. The Hall–Kier alpha value is -3.78. The molecule has 0 aliphatic heterocycles. The van der Waals surface area contributed by atoms with Crippen molar-refractivity contribution in [1.82, 2.24) is 14.8 Å². The van der Waals surface area contributed by atoms with Gasteiger partial charge in [0.15, 0.2) is 11.0 Å². The molecule has 1 N–H and O–H groups in total. The molecule has 2 heterocycles. The van der Waals surface area contributed by atoms with Crippen molar-refractivity contribution in [3.8, 4) is 22.9 Å². The number of rotatable bonds is 9. The number of aromatic nitrogens is 3. The van der Waals surface area contributed by atoms with Gasteiger partial charge in [0.05, 0.1) is 17.6 Å². The zero-order valence-electron chi connectivity index (χ0n) is 18.4. The Morgan fingerprint density at radius 1 is 1.09 bits per heavy atom. The highest BCUT2D eigenvalue weighted by molar-refractivity contribution is 7.99. The topological polar surface area (TPSA) is 82.2 Å². The number of aryl methyl sites for hydroxylation is 2. The Kier molecular flexibility index (Phi) is 6.95. The van der Waals surface area contributed by atoms with Gasteiger partial charge in [-0.15, -0.1) is 16.8 Å². The molecule has 4 aromatic rings. The molecule has 1 amide bonds. The molecular weight excluding hydrogens is 436 g/mol. The van der Waals surface area contributed by atoms with E-state index < -0.39 is 0 Å². The summed E-state index contributed by atoms with van der Waals surface area (Å²) in [5.41, 5.74) is 2.74. The molecule has 0 bridgehead atoms. The summed E-state index contributed by atoms with van der Waals surface area (Å²) >= 11 is 1.32. The van der Waals surface area contributed by atoms with Gasteiger partial charge in [0.1, 0.15) is 17.3 Å². The minimum Gasteiger partial charge on any atom is -0.469 e. The van der Waals surface area contributed by atoms with Gasteiger partial charge >= 0.3 is 0 Å². The van der Waals surface area contributed by atoms with Crippen LogP contribution in [0.15, 0.2) is 83.1 Å². The maximum atomic E-state index is 12.5. The largest absolute Gasteiger partial charge is 0.469 e. The van der Waals surface area contributed by atoms with Crippen molar-refractivity contribution in [2.24, 2.45) is 0 Å². The Labute approximate surface area is 196 Å². The van der Waals surface area contributed by atoms with Crippen molar-refractivity contribution in [3.63, 3.8) is 0 Å². The first kappa shape index (κ1) is 22.4. The molecule has 0 aliphatic rings. The lowest BCUT2D eigenvalue weighted by Gasteiger charge is -2.09. The number of anilines is 1. The molecule has 168 valence electrons. The number of hydrogen-bond acceptors (Lipinski definition) is 6. The third-order valence-corrected chi connectivity index (χ3v) is 5.82. The van der Waals surface area contributed by atoms with E-state index in [2.05, 4.69) is 22.1 Å². The maximum absolute atomic E-state index is 12.5. The zero-order chi connectivity index (χ0) is 23.2. The Morgan fingerprint density at radius 2 is 1.79 bits per heavy atom. The van der Waals surface area contributed by atoms with Crippen LogP contribution in [-0.2, 0) is 11.3 Å². The van der Waals surface area contributed by atoms with Gasteiger partial charge in [-0.1, -0.05) is 35.5 Å². The minimum atomic E-state index is -0.138. The Bertz CT molecular complexity index is 1240. The molecule has 0 unspecified atom stereocenters. The highest BCUT2D eigenvalue weighted by atomic mass is 32.2. The number of hydrogen-bond donors (Lipinski definition) is 1. The van der Waals surface area contributed by atoms with Gasteiger partial charge in [-0.05, 0) is 56.3 Å². The number of ether oxygens (including phenoxy) is 1. The number of amides is 1. The first-order valence-electron chi connectivity index (χ1n) is 10.4. The van der Waals surface area contributed by atoms with Crippen LogP contribution in [0, 0.1) is 13.8 Å². The number of furan rings is 1. The lowest BCUT2D eigenvalue weighted by atomic mass is 10.2. The third kappa shape index (κ3) is 5.53. The summed E-state index contributed by atoms with van der Waals surface area (Å²) < 4.78 is 13.1. The normalized spacial score (nSPS) is 10.7. The molecule has 0 spiro atoms. The summed E-state index contributed by atoms with van der Waals surface area (Å²) in [5.74, 6) is 2.97. The quantitative estimate of drug-likeness (QED) is 0.249. The van der Waals surface area contributed by atoms with E-state index in [1.54, 1.807) is 12.3 Å². The molecule has 0 saturated heterocycles. The maximum Gasteiger partial charge on any atom is 0.234 e. The van der Waals surface area contributed by atoms with Crippen molar-refractivity contribution in [2.75, 3.05) is 11.1 Å². The van der Waals surface area contributed by atoms with E-state index in [1.165, 1.54) is 17.3 Å². The Balaban J connectivity index is 1.35. The highest BCUT2D eigenvalue weighted by Crippen LogP contribution is 2.27. The molecule has 2 aromatic heterocycles. The van der Waals surface area contributed by atoms with Crippen LogP contribution in [0.25, 0.3) is 11.4 Å². The van der Waals surface area contributed by atoms with Gasteiger partial charge in [0, 0.05) is 12.2 Å². The number of nitrogens with one attached hydrogen (secondary N) is 1. The van der Waals surface area contributed by atoms with Gasteiger partial charge in [0.2, 0.25) is 5.91 Å². The fourth-order valence-electron chi connectivity index (χ4n) is 3.18. The summed E-state index contributed by atoms with van der Waals surface area (Å²) in [7, 11) is 0. The number of allylic oxidation sites excluding steroid dienone is 1. The second-order valence-electron chi connectivity index (χ2n) is 7.37. The fraction of sp³-hybridized carbons (Fsp3) is 0.160. The van der Waals surface area contributed by atoms with Crippen molar-refractivity contribution >= 4 is 23.4 Å². The highest BCUT2D eigenvalue weighted by Gasteiger charge is 2.17. The van der Waals surface area contributed by atoms with Crippen LogP contribution in [0.4, 0.5) is 5.69 Å². The van der Waals surface area contributed by atoms with Crippen LogP contribution in [0.5, 0.6) is 11.5 Å². The summed E-state index contributed by atoms with van der Waals surface area (Å²) in [4.78, 5) is 12.5. The van der Waals surface area contributed by atoms with E-state index in [0.29, 0.717) is 29.0 Å². The lowest BCUT2D eigenvalue weighted by Crippen LogP contribution is -2.14. The van der Waals surface area contributed by atoms with E-state index in [9.17, 15) is 4.79 Å². The predicted octanol–water partition coefficient (Wildman–Crippen LogP) is 5.86. The van der Waals surface area contributed by atoms with Crippen LogP contribution in [0.3, 0.4) is 0 Å². The lowest BCUT2D eigenvalue weighted by molar-refractivity contribution is -0.113. The molecule has 2 aromatic carbocycles.